The van der Waals surface area contributed by atoms with Crippen molar-refractivity contribution in [2.75, 3.05) is 27.4 Å². The molecule has 8 nitrogen and oxygen atoms in total. The van der Waals surface area contributed by atoms with E-state index in [9.17, 15) is 9.59 Å². The van der Waals surface area contributed by atoms with Gasteiger partial charge in [-0.05, 0) is 75.5 Å². The van der Waals surface area contributed by atoms with Gasteiger partial charge in [-0.2, -0.15) is 0 Å². The molecule has 1 aromatic carbocycles. The number of carbonyl (C=O) groups excluding carboxylic acids is 2. The van der Waals surface area contributed by atoms with Gasteiger partial charge in [0, 0.05) is 20.1 Å². The van der Waals surface area contributed by atoms with Crippen molar-refractivity contribution in [1.82, 2.24) is 5.32 Å². The van der Waals surface area contributed by atoms with Crippen LogP contribution in [0.2, 0.25) is 0 Å². The summed E-state index contributed by atoms with van der Waals surface area (Å²) in [6.45, 7) is 15.1. The zero-order valence-corrected chi connectivity index (χ0v) is 24.8. The maximum absolute atomic E-state index is 12.8. The lowest BCUT2D eigenvalue weighted by molar-refractivity contribution is -0.146. The summed E-state index contributed by atoms with van der Waals surface area (Å²) in [6, 6.07) is 5.66. The van der Waals surface area contributed by atoms with Crippen LogP contribution in [0.4, 0.5) is 4.79 Å². The fourth-order valence-corrected chi connectivity index (χ4v) is 4.75. The molecule has 1 N–H and O–H groups in total. The Bertz CT molecular complexity index is 893. The summed E-state index contributed by atoms with van der Waals surface area (Å²) in [5.41, 5.74) is 0.493. The number of hydrogen-bond donors (Lipinski definition) is 1. The third-order valence-corrected chi connectivity index (χ3v) is 6.99. The highest BCUT2D eigenvalue weighted by molar-refractivity contribution is 5.75. The Morgan fingerprint density at radius 3 is 2.37 bits per heavy atom. The monoisotopic (exact) mass is 535 g/mol. The summed E-state index contributed by atoms with van der Waals surface area (Å²) in [4.78, 5) is 25.4. The Balaban J connectivity index is 2.23. The second-order valence-corrected chi connectivity index (χ2v) is 11.9. The lowest BCUT2D eigenvalue weighted by atomic mass is 9.81. The summed E-state index contributed by atoms with van der Waals surface area (Å²) in [5.74, 6) is 1.75. The fraction of sp³-hybridized carbons (Fsp3) is 0.733. The second-order valence-electron chi connectivity index (χ2n) is 11.9. The van der Waals surface area contributed by atoms with Crippen molar-refractivity contribution in [3.63, 3.8) is 0 Å². The van der Waals surface area contributed by atoms with Gasteiger partial charge in [0.15, 0.2) is 11.5 Å². The van der Waals surface area contributed by atoms with Crippen molar-refractivity contribution in [3.05, 3.63) is 23.8 Å². The van der Waals surface area contributed by atoms with E-state index in [-0.39, 0.29) is 35.9 Å². The van der Waals surface area contributed by atoms with Gasteiger partial charge in [-0.15, -0.1) is 0 Å². The second kappa shape index (κ2) is 14.6. The Kier molecular flexibility index (Phi) is 12.2. The van der Waals surface area contributed by atoms with E-state index in [1.807, 2.05) is 46.8 Å². The topological polar surface area (TPSA) is 92.3 Å². The van der Waals surface area contributed by atoms with Gasteiger partial charge in [0.25, 0.3) is 0 Å². The third kappa shape index (κ3) is 10.0. The van der Waals surface area contributed by atoms with Crippen molar-refractivity contribution in [2.24, 2.45) is 23.7 Å². The molecule has 1 heterocycles. The minimum Gasteiger partial charge on any atom is -0.493 e. The van der Waals surface area contributed by atoms with Crippen LogP contribution in [0.5, 0.6) is 11.5 Å². The lowest BCUT2D eigenvalue weighted by Crippen LogP contribution is -2.47. The van der Waals surface area contributed by atoms with E-state index in [4.69, 9.17) is 23.7 Å². The van der Waals surface area contributed by atoms with Gasteiger partial charge < -0.3 is 29.0 Å². The molecule has 0 bridgehead atoms. The SMILES string of the molecule is COCCCOc1cc(C[C@H](C[C@H](NC(=O)OC(C)(C)C)[C@@H]2C[C@@H](C(C)C)C(=O)O2)C(C)C)ccc1OC. The van der Waals surface area contributed by atoms with Crippen LogP contribution in [0.25, 0.3) is 0 Å². The number of alkyl carbamates (subject to hydrolysis) is 1. The van der Waals surface area contributed by atoms with E-state index in [2.05, 4.69) is 25.2 Å². The van der Waals surface area contributed by atoms with E-state index < -0.39 is 11.7 Å². The predicted molar refractivity (Wildman–Crippen MR) is 148 cm³/mol. The molecule has 0 radical (unpaired) electrons. The molecule has 4 atom stereocenters. The molecule has 0 spiro atoms. The molecule has 0 unspecified atom stereocenters. The van der Waals surface area contributed by atoms with Crippen LogP contribution in [0.1, 0.15) is 73.3 Å². The molecule has 1 aliphatic rings. The number of ether oxygens (including phenoxy) is 5. The molecular weight excluding hydrogens is 486 g/mol. The molecule has 216 valence electrons. The first-order valence-electron chi connectivity index (χ1n) is 13.8. The molecule has 0 aromatic heterocycles. The lowest BCUT2D eigenvalue weighted by Gasteiger charge is -2.31. The normalized spacial score (nSPS) is 19.3. The first-order chi connectivity index (χ1) is 17.8. The molecule has 1 amide bonds. The number of amides is 1. The molecule has 1 fully saturated rings. The predicted octanol–water partition coefficient (Wildman–Crippen LogP) is 5.80. The molecule has 1 aliphatic heterocycles. The van der Waals surface area contributed by atoms with E-state index >= 15 is 0 Å². The Labute approximate surface area is 229 Å². The van der Waals surface area contributed by atoms with Crippen LogP contribution in [0, 0.1) is 23.7 Å². The van der Waals surface area contributed by atoms with Crippen LogP contribution in [0.3, 0.4) is 0 Å². The smallest absolute Gasteiger partial charge is 0.408 e. The quantitative estimate of drug-likeness (QED) is 0.238. The number of hydrogen-bond acceptors (Lipinski definition) is 7. The van der Waals surface area contributed by atoms with Gasteiger partial charge in [0.1, 0.15) is 11.7 Å². The standard InChI is InChI=1S/C30H49NO7/c1-19(2)22(15-21-11-12-25(35-9)27(16-21)36-14-10-13-34-8)17-24(31-29(33)38-30(5,6)7)26-18-23(20(3)4)28(32)37-26/h11-12,16,19-20,22-24,26H,10,13-15,17-18H2,1-9H3,(H,31,33)/t22-,23+,24+,26+/m1/s1. The van der Waals surface area contributed by atoms with E-state index in [1.165, 1.54) is 0 Å². The molecule has 0 aliphatic carbocycles. The summed E-state index contributed by atoms with van der Waals surface area (Å²) in [6.07, 6.45) is 1.91. The van der Waals surface area contributed by atoms with Gasteiger partial charge in [0.2, 0.25) is 0 Å². The highest BCUT2D eigenvalue weighted by Gasteiger charge is 2.42. The van der Waals surface area contributed by atoms with E-state index in [0.717, 1.165) is 18.4 Å². The Morgan fingerprint density at radius 1 is 1.11 bits per heavy atom. The highest BCUT2D eigenvalue weighted by atomic mass is 16.6. The van der Waals surface area contributed by atoms with E-state index in [1.54, 1.807) is 14.2 Å². The summed E-state index contributed by atoms with van der Waals surface area (Å²) in [7, 11) is 3.31. The molecule has 0 saturated carbocycles. The van der Waals surface area contributed by atoms with Crippen LogP contribution in [0.15, 0.2) is 18.2 Å². The number of benzene rings is 1. The van der Waals surface area contributed by atoms with Crippen molar-refractivity contribution in [3.8, 4) is 11.5 Å². The zero-order valence-electron chi connectivity index (χ0n) is 24.8. The molecule has 8 heteroatoms. The largest absolute Gasteiger partial charge is 0.493 e. The van der Waals surface area contributed by atoms with Gasteiger partial charge in [-0.3, -0.25) is 4.79 Å². The minimum absolute atomic E-state index is 0.167. The summed E-state index contributed by atoms with van der Waals surface area (Å²) < 4.78 is 28.0. The Hall–Kier alpha value is -2.48. The molecule has 1 saturated heterocycles. The zero-order chi connectivity index (χ0) is 28.5. The van der Waals surface area contributed by atoms with Crippen LogP contribution >= 0.6 is 0 Å². The van der Waals surface area contributed by atoms with Gasteiger partial charge >= 0.3 is 12.1 Å². The summed E-state index contributed by atoms with van der Waals surface area (Å²) >= 11 is 0. The van der Waals surface area contributed by atoms with Crippen molar-refractivity contribution >= 4 is 12.1 Å². The number of esters is 1. The third-order valence-electron chi connectivity index (χ3n) is 6.99. The number of methoxy groups -OCH3 is 2. The molecule has 38 heavy (non-hydrogen) atoms. The average molecular weight is 536 g/mol. The van der Waals surface area contributed by atoms with Crippen molar-refractivity contribution in [1.29, 1.82) is 0 Å². The van der Waals surface area contributed by atoms with Gasteiger partial charge in [0.05, 0.1) is 25.7 Å². The summed E-state index contributed by atoms with van der Waals surface area (Å²) in [5, 5.41) is 3.04. The number of carbonyl (C=O) groups is 2. The maximum Gasteiger partial charge on any atom is 0.408 e. The Morgan fingerprint density at radius 2 is 1.82 bits per heavy atom. The van der Waals surface area contributed by atoms with Gasteiger partial charge in [-0.1, -0.05) is 33.8 Å². The minimum atomic E-state index is -0.623. The number of nitrogens with one attached hydrogen (secondary N) is 1. The van der Waals surface area contributed by atoms with Crippen molar-refractivity contribution in [2.45, 2.75) is 91.9 Å². The molecular formula is C30H49NO7. The van der Waals surface area contributed by atoms with Crippen LogP contribution in [-0.4, -0.2) is 57.2 Å². The average Bonchev–Trinajstić information content (AvgIpc) is 3.21. The number of rotatable bonds is 14. The highest BCUT2D eigenvalue weighted by Crippen LogP contribution is 2.34. The van der Waals surface area contributed by atoms with Crippen LogP contribution in [-0.2, 0) is 25.4 Å². The van der Waals surface area contributed by atoms with Crippen LogP contribution < -0.4 is 14.8 Å². The van der Waals surface area contributed by atoms with Gasteiger partial charge in [-0.25, -0.2) is 4.79 Å². The number of cyclic esters (lactones) is 1. The first kappa shape index (κ1) is 31.7. The van der Waals surface area contributed by atoms with E-state index in [0.29, 0.717) is 43.5 Å². The van der Waals surface area contributed by atoms with Crippen molar-refractivity contribution < 1.29 is 33.3 Å². The molecule has 2 rings (SSSR count). The molecule has 1 aromatic rings. The fourth-order valence-electron chi connectivity index (χ4n) is 4.75. The maximum atomic E-state index is 12.8. The first-order valence-corrected chi connectivity index (χ1v) is 13.8.